The molecular weight excluding hydrogens is 212 g/mol. The Morgan fingerprint density at radius 3 is 2.35 bits per heavy atom. The molecule has 2 nitrogen and oxygen atoms in total. The van der Waals surface area contributed by atoms with Crippen molar-refractivity contribution in [2.75, 3.05) is 0 Å². The van der Waals surface area contributed by atoms with Gasteiger partial charge in [0.1, 0.15) is 0 Å². The van der Waals surface area contributed by atoms with Crippen molar-refractivity contribution < 1.29 is 9.90 Å². The average Bonchev–Trinajstić information content (AvgIpc) is 2.89. The Labute approximate surface area is 102 Å². The molecule has 2 fully saturated rings. The van der Waals surface area contributed by atoms with Gasteiger partial charge in [-0.3, -0.25) is 4.79 Å². The van der Waals surface area contributed by atoms with Crippen LogP contribution in [0.15, 0.2) is 30.3 Å². The van der Waals surface area contributed by atoms with Gasteiger partial charge in [0.2, 0.25) is 0 Å². The van der Waals surface area contributed by atoms with E-state index in [2.05, 4.69) is 12.1 Å². The molecule has 1 aromatic carbocycles. The van der Waals surface area contributed by atoms with Crippen LogP contribution in [0, 0.1) is 11.8 Å². The molecule has 0 aliphatic heterocycles. The summed E-state index contributed by atoms with van der Waals surface area (Å²) in [5.74, 6) is -0.167. The molecule has 0 radical (unpaired) electrons. The second-order valence-electron chi connectivity index (χ2n) is 5.48. The van der Waals surface area contributed by atoms with Gasteiger partial charge in [0.25, 0.3) is 0 Å². The first kappa shape index (κ1) is 10.8. The highest BCUT2D eigenvalue weighted by Gasteiger charge is 2.63. The van der Waals surface area contributed by atoms with Crippen molar-refractivity contribution in [1.82, 2.24) is 0 Å². The zero-order valence-corrected chi connectivity index (χ0v) is 9.93. The van der Waals surface area contributed by atoms with E-state index in [1.54, 1.807) is 0 Å². The van der Waals surface area contributed by atoms with E-state index in [-0.39, 0.29) is 11.3 Å². The second-order valence-corrected chi connectivity index (χ2v) is 5.48. The molecule has 17 heavy (non-hydrogen) atoms. The normalized spacial score (nSPS) is 32.6. The SMILES string of the molecule is O=C(O)[C@@H]1CC1(c1ccccc1)C1CCCC1. The van der Waals surface area contributed by atoms with Crippen LogP contribution in [0.1, 0.15) is 37.7 Å². The van der Waals surface area contributed by atoms with Crippen LogP contribution in [0.3, 0.4) is 0 Å². The highest BCUT2D eigenvalue weighted by molar-refractivity contribution is 5.77. The minimum atomic E-state index is -0.610. The van der Waals surface area contributed by atoms with Crippen molar-refractivity contribution in [1.29, 1.82) is 0 Å². The number of hydrogen-bond donors (Lipinski definition) is 1. The van der Waals surface area contributed by atoms with Gasteiger partial charge in [-0.2, -0.15) is 0 Å². The van der Waals surface area contributed by atoms with E-state index >= 15 is 0 Å². The largest absolute Gasteiger partial charge is 0.481 e. The maximum atomic E-state index is 11.3. The second kappa shape index (κ2) is 3.86. The highest BCUT2D eigenvalue weighted by Crippen LogP contribution is 2.62. The van der Waals surface area contributed by atoms with Crippen molar-refractivity contribution in [2.45, 2.75) is 37.5 Å². The number of rotatable bonds is 3. The molecule has 2 aliphatic rings. The molecular formula is C15H18O2. The molecule has 2 saturated carbocycles. The third-order valence-corrected chi connectivity index (χ3v) is 4.70. The van der Waals surface area contributed by atoms with E-state index in [9.17, 15) is 9.90 Å². The van der Waals surface area contributed by atoms with Crippen LogP contribution < -0.4 is 0 Å². The Hall–Kier alpha value is -1.31. The maximum Gasteiger partial charge on any atom is 0.307 e. The van der Waals surface area contributed by atoms with Gasteiger partial charge in [-0.15, -0.1) is 0 Å². The molecule has 1 N–H and O–H groups in total. The van der Waals surface area contributed by atoms with E-state index < -0.39 is 5.97 Å². The Morgan fingerprint density at radius 2 is 1.82 bits per heavy atom. The molecule has 2 aliphatic carbocycles. The van der Waals surface area contributed by atoms with E-state index in [4.69, 9.17) is 0 Å². The first-order chi connectivity index (χ1) is 8.25. The number of hydrogen-bond acceptors (Lipinski definition) is 1. The summed E-state index contributed by atoms with van der Waals surface area (Å²) < 4.78 is 0. The molecule has 0 aromatic heterocycles. The lowest BCUT2D eigenvalue weighted by Crippen LogP contribution is -2.23. The molecule has 0 amide bonds. The summed E-state index contributed by atoms with van der Waals surface area (Å²) in [5.41, 5.74) is 1.21. The third kappa shape index (κ3) is 1.58. The third-order valence-electron chi connectivity index (χ3n) is 4.70. The van der Waals surface area contributed by atoms with Crippen molar-refractivity contribution in [3.63, 3.8) is 0 Å². The Balaban J connectivity index is 1.96. The number of benzene rings is 1. The molecule has 0 heterocycles. The van der Waals surface area contributed by atoms with Crippen LogP contribution in [0.2, 0.25) is 0 Å². The van der Waals surface area contributed by atoms with Crippen LogP contribution in [0.4, 0.5) is 0 Å². The number of carboxylic acid groups (broad SMARTS) is 1. The number of carbonyl (C=O) groups is 1. The van der Waals surface area contributed by atoms with Gasteiger partial charge in [0.15, 0.2) is 0 Å². The van der Waals surface area contributed by atoms with Crippen molar-refractivity contribution in [3.8, 4) is 0 Å². The summed E-state index contributed by atoms with van der Waals surface area (Å²) in [6.07, 6.45) is 5.80. The van der Waals surface area contributed by atoms with Gasteiger partial charge in [0.05, 0.1) is 5.92 Å². The summed E-state index contributed by atoms with van der Waals surface area (Å²) in [4.78, 5) is 11.3. The minimum Gasteiger partial charge on any atom is -0.481 e. The number of carboxylic acids is 1. The van der Waals surface area contributed by atoms with Gasteiger partial charge < -0.3 is 5.11 Å². The fourth-order valence-electron chi connectivity index (χ4n) is 3.78. The van der Waals surface area contributed by atoms with Crippen molar-refractivity contribution in [2.24, 2.45) is 11.8 Å². The van der Waals surface area contributed by atoms with E-state index in [0.717, 1.165) is 6.42 Å². The average molecular weight is 230 g/mol. The first-order valence-corrected chi connectivity index (χ1v) is 6.53. The lowest BCUT2D eigenvalue weighted by atomic mass is 9.79. The monoisotopic (exact) mass is 230 g/mol. The van der Waals surface area contributed by atoms with Crippen LogP contribution in [-0.2, 0) is 10.2 Å². The van der Waals surface area contributed by atoms with Crippen LogP contribution >= 0.6 is 0 Å². The molecule has 0 spiro atoms. The molecule has 1 aromatic rings. The van der Waals surface area contributed by atoms with Gasteiger partial charge in [-0.25, -0.2) is 0 Å². The van der Waals surface area contributed by atoms with Gasteiger partial charge in [-0.1, -0.05) is 43.2 Å². The van der Waals surface area contributed by atoms with E-state index in [0.29, 0.717) is 5.92 Å². The summed E-state index contributed by atoms with van der Waals surface area (Å²) in [6.45, 7) is 0. The summed E-state index contributed by atoms with van der Waals surface area (Å²) >= 11 is 0. The Morgan fingerprint density at radius 1 is 1.18 bits per heavy atom. The molecule has 3 rings (SSSR count). The Bertz CT molecular complexity index is 420. The lowest BCUT2D eigenvalue weighted by molar-refractivity contribution is -0.139. The molecule has 0 saturated heterocycles. The maximum absolute atomic E-state index is 11.3. The van der Waals surface area contributed by atoms with Crippen molar-refractivity contribution >= 4 is 5.97 Å². The van der Waals surface area contributed by atoms with Gasteiger partial charge in [-0.05, 0) is 30.7 Å². The fraction of sp³-hybridized carbons (Fsp3) is 0.533. The molecule has 0 bridgehead atoms. The highest BCUT2D eigenvalue weighted by atomic mass is 16.4. The van der Waals surface area contributed by atoms with Crippen LogP contribution in [0.25, 0.3) is 0 Å². The first-order valence-electron chi connectivity index (χ1n) is 6.53. The summed E-state index contributed by atoms with van der Waals surface area (Å²) in [5, 5.41) is 9.31. The predicted molar refractivity (Wildman–Crippen MR) is 65.8 cm³/mol. The zero-order valence-electron chi connectivity index (χ0n) is 9.93. The number of aliphatic carboxylic acids is 1. The molecule has 90 valence electrons. The fourth-order valence-corrected chi connectivity index (χ4v) is 3.78. The van der Waals surface area contributed by atoms with Gasteiger partial charge >= 0.3 is 5.97 Å². The molecule has 2 atom stereocenters. The quantitative estimate of drug-likeness (QED) is 0.865. The van der Waals surface area contributed by atoms with Crippen molar-refractivity contribution in [3.05, 3.63) is 35.9 Å². The molecule has 2 heteroatoms. The van der Waals surface area contributed by atoms with E-state index in [1.165, 1.54) is 31.2 Å². The summed E-state index contributed by atoms with van der Waals surface area (Å²) in [7, 11) is 0. The summed E-state index contributed by atoms with van der Waals surface area (Å²) in [6, 6.07) is 10.3. The smallest absolute Gasteiger partial charge is 0.307 e. The zero-order chi connectivity index (χ0) is 11.9. The van der Waals surface area contributed by atoms with Crippen LogP contribution in [0.5, 0.6) is 0 Å². The van der Waals surface area contributed by atoms with Crippen LogP contribution in [-0.4, -0.2) is 11.1 Å². The minimum absolute atomic E-state index is 0.0381. The Kier molecular flexibility index (Phi) is 2.46. The lowest BCUT2D eigenvalue weighted by Gasteiger charge is -2.24. The molecule has 1 unspecified atom stereocenters. The van der Waals surface area contributed by atoms with E-state index in [1.807, 2.05) is 18.2 Å². The standard InChI is InChI=1S/C15H18O2/c16-14(17)13-10-15(13,12-8-4-5-9-12)11-6-2-1-3-7-11/h1-3,6-7,12-13H,4-5,8-10H2,(H,16,17)/t13-,15?/m0/s1. The topological polar surface area (TPSA) is 37.3 Å². The van der Waals surface area contributed by atoms with Gasteiger partial charge in [0, 0.05) is 5.41 Å². The predicted octanol–water partition coefficient (Wildman–Crippen LogP) is 3.22.